The van der Waals surface area contributed by atoms with E-state index in [1.165, 1.54) is 25.7 Å². The SMILES string of the molecule is CC.CC(C)C1CCCC1.CCCNC(=O)O. The first-order valence-corrected chi connectivity index (χ1v) is 7.04. The van der Waals surface area contributed by atoms with Crippen LogP contribution >= 0.6 is 0 Å². The summed E-state index contributed by atoms with van der Waals surface area (Å²) in [6.07, 6.45) is 5.88. The molecule has 0 heterocycles. The summed E-state index contributed by atoms with van der Waals surface area (Å²) < 4.78 is 0. The van der Waals surface area contributed by atoms with E-state index in [-0.39, 0.29) is 0 Å². The van der Waals surface area contributed by atoms with E-state index in [1.54, 1.807) is 0 Å². The molecule has 0 aliphatic heterocycles. The second-order valence-electron chi connectivity index (χ2n) is 4.52. The first-order chi connectivity index (χ1) is 8.07. The van der Waals surface area contributed by atoms with Gasteiger partial charge in [0, 0.05) is 6.54 Å². The molecule has 0 saturated heterocycles. The monoisotopic (exact) mass is 245 g/mol. The van der Waals surface area contributed by atoms with E-state index < -0.39 is 6.09 Å². The molecule has 2 N–H and O–H groups in total. The Morgan fingerprint density at radius 2 is 1.76 bits per heavy atom. The van der Waals surface area contributed by atoms with Gasteiger partial charge in [0.2, 0.25) is 0 Å². The molecule has 0 atom stereocenters. The number of hydrogen-bond acceptors (Lipinski definition) is 1. The van der Waals surface area contributed by atoms with Gasteiger partial charge < -0.3 is 10.4 Å². The zero-order valence-corrected chi connectivity index (χ0v) is 12.3. The van der Waals surface area contributed by atoms with Crippen LogP contribution in [0.25, 0.3) is 0 Å². The van der Waals surface area contributed by atoms with E-state index in [0.717, 1.165) is 18.3 Å². The Bertz CT molecular complexity index is 164. The number of hydrogen-bond donors (Lipinski definition) is 2. The third kappa shape index (κ3) is 13.2. The first-order valence-electron chi connectivity index (χ1n) is 7.04. The fourth-order valence-corrected chi connectivity index (χ4v) is 1.86. The van der Waals surface area contributed by atoms with Gasteiger partial charge in [-0.1, -0.05) is 60.3 Å². The molecular formula is C14H31NO2. The van der Waals surface area contributed by atoms with Gasteiger partial charge in [-0.3, -0.25) is 0 Å². The normalized spacial score (nSPS) is 14.5. The van der Waals surface area contributed by atoms with Crippen molar-refractivity contribution in [1.29, 1.82) is 0 Å². The molecular weight excluding hydrogens is 214 g/mol. The Balaban J connectivity index is 0. The molecule has 0 bridgehead atoms. The summed E-state index contributed by atoms with van der Waals surface area (Å²) in [5.74, 6) is 2.01. The van der Waals surface area contributed by atoms with Crippen LogP contribution in [0.5, 0.6) is 0 Å². The topological polar surface area (TPSA) is 49.3 Å². The van der Waals surface area contributed by atoms with E-state index >= 15 is 0 Å². The highest BCUT2D eigenvalue weighted by Crippen LogP contribution is 2.30. The van der Waals surface area contributed by atoms with Gasteiger partial charge >= 0.3 is 6.09 Å². The van der Waals surface area contributed by atoms with Crippen LogP contribution in [0.15, 0.2) is 0 Å². The van der Waals surface area contributed by atoms with Crippen LogP contribution < -0.4 is 5.32 Å². The van der Waals surface area contributed by atoms with Crippen molar-refractivity contribution in [2.75, 3.05) is 6.54 Å². The Kier molecular flexibility index (Phi) is 14.6. The highest BCUT2D eigenvalue weighted by molar-refractivity contribution is 5.64. The van der Waals surface area contributed by atoms with Crippen molar-refractivity contribution in [3.63, 3.8) is 0 Å². The van der Waals surface area contributed by atoms with Crippen molar-refractivity contribution in [3.05, 3.63) is 0 Å². The zero-order chi connectivity index (χ0) is 13.7. The minimum absolute atomic E-state index is 0.551. The molecule has 0 aromatic heterocycles. The molecule has 0 aromatic carbocycles. The third-order valence-electron chi connectivity index (χ3n) is 2.87. The van der Waals surface area contributed by atoms with Gasteiger partial charge in [-0.2, -0.15) is 0 Å². The van der Waals surface area contributed by atoms with Gasteiger partial charge in [0.15, 0.2) is 0 Å². The van der Waals surface area contributed by atoms with Crippen molar-refractivity contribution in [2.45, 2.75) is 66.7 Å². The van der Waals surface area contributed by atoms with Gasteiger partial charge in [0.05, 0.1) is 0 Å². The van der Waals surface area contributed by atoms with Gasteiger partial charge in [0.25, 0.3) is 0 Å². The summed E-state index contributed by atoms with van der Waals surface area (Å²) in [5.41, 5.74) is 0. The fourth-order valence-electron chi connectivity index (χ4n) is 1.86. The molecule has 0 aromatic rings. The lowest BCUT2D eigenvalue weighted by atomic mass is 9.95. The Morgan fingerprint density at radius 1 is 1.29 bits per heavy atom. The highest BCUT2D eigenvalue weighted by Gasteiger charge is 2.17. The molecule has 0 unspecified atom stereocenters. The summed E-state index contributed by atoms with van der Waals surface area (Å²) in [7, 11) is 0. The largest absolute Gasteiger partial charge is 0.465 e. The standard InChI is InChI=1S/C8H16.C4H9NO2.C2H6/c1-7(2)8-5-3-4-6-8;1-2-3-5-4(6)7;1-2/h7-8H,3-6H2,1-2H3;5H,2-3H2,1H3,(H,6,7);1-2H3. The van der Waals surface area contributed by atoms with Crippen molar-refractivity contribution in [1.82, 2.24) is 5.32 Å². The quantitative estimate of drug-likeness (QED) is 0.768. The van der Waals surface area contributed by atoms with E-state index in [0.29, 0.717) is 6.54 Å². The maximum absolute atomic E-state index is 9.65. The highest BCUT2D eigenvalue weighted by atomic mass is 16.4. The van der Waals surface area contributed by atoms with Crippen LogP contribution in [0.3, 0.4) is 0 Å². The lowest BCUT2D eigenvalue weighted by Crippen LogP contribution is -2.20. The van der Waals surface area contributed by atoms with Crippen molar-refractivity contribution in [2.24, 2.45) is 11.8 Å². The smallest absolute Gasteiger partial charge is 0.404 e. The lowest BCUT2D eigenvalue weighted by molar-refractivity contribution is 0.194. The number of rotatable bonds is 3. The average molecular weight is 245 g/mol. The average Bonchev–Trinajstić information content (AvgIpc) is 2.83. The van der Waals surface area contributed by atoms with Crippen LogP contribution in [0.1, 0.15) is 66.7 Å². The van der Waals surface area contributed by atoms with Gasteiger partial charge in [-0.05, 0) is 18.3 Å². The number of amides is 1. The zero-order valence-electron chi connectivity index (χ0n) is 12.3. The van der Waals surface area contributed by atoms with E-state index in [1.807, 2.05) is 20.8 Å². The molecule has 1 rings (SSSR count). The minimum atomic E-state index is -0.943. The van der Waals surface area contributed by atoms with Gasteiger partial charge in [0.1, 0.15) is 0 Å². The Hall–Kier alpha value is -0.730. The summed E-state index contributed by atoms with van der Waals surface area (Å²) in [4.78, 5) is 9.65. The van der Waals surface area contributed by atoms with Crippen molar-refractivity contribution in [3.8, 4) is 0 Å². The lowest BCUT2D eigenvalue weighted by Gasteiger charge is -2.11. The second kappa shape index (κ2) is 13.3. The first kappa shape index (κ1) is 18.6. The van der Waals surface area contributed by atoms with Gasteiger partial charge in [-0.25, -0.2) is 4.79 Å². The van der Waals surface area contributed by atoms with E-state index in [2.05, 4.69) is 19.2 Å². The third-order valence-corrected chi connectivity index (χ3v) is 2.87. The number of carbonyl (C=O) groups is 1. The molecule has 1 aliphatic carbocycles. The maximum atomic E-state index is 9.65. The molecule has 3 nitrogen and oxygen atoms in total. The molecule has 1 saturated carbocycles. The molecule has 1 fully saturated rings. The maximum Gasteiger partial charge on any atom is 0.404 e. The molecule has 3 heteroatoms. The minimum Gasteiger partial charge on any atom is -0.465 e. The molecule has 0 spiro atoms. The second-order valence-corrected chi connectivity index (χ2v) is 4.52. The summed E-state index contributed by atoms with van der Waals surface area (Å²) in [6, 6.07) is 0. The summed E-state index contributed by atoms with van der Waals surface area (Å²) in [6.45, 7) is 11.2. The van der Waals surface area contributed by atoms with Crippen LogP contribution in [0.4, 0.5) is 4.79 Å². The van der Waals surface area contributed by atoms with Crippen LogP contribution in [-0.4, -0.2) is 17.7 Å². The van der Waals surface area contributed by atoms with Crippen molar-refractivity contribution >= 4 is 6.09 Å². The van der Waals surface area contributed by atoms with Crippen molar-refractivity contribution < 1.29 is 9.90 Å². The summed E-state index contributed by atoms with van der Waals surface area (Å²) in [5, 5.41) is 10.1. The van der Waals surface area contributed by atoms with Gasteiger partial charge in [-0.15, -0.1) is 0 Å². The van der Waals surface area contributed by atoms with Crippen LogP contribution in [0.2, 0.25) is 0 Å². The predicted molar refractivity (Wildman–Crippen MR) is 74.5 cm³/mol. The molecule has 1 aliphatic rings. The number of nitrogens with one attached hydrogen (secondary N) is 1. The van der Waals surface area contributed by atoms with E-state index in [9.17, 15) is 4.79 Å². The molecule has 104 valence electrons. The molecule has 17 heavy (non-hydrogen) atoms. The van der Waals surface area contributed by atoms with Crippen LogP contribution in [-0.2, 0) is 0 Å². The molecule has 1 amide bonds. The Labute approximate surface area is 107 Å². The predicted octanol–water partition coefficient (Wildman–Crippen LogP) is 4.52. The summed E-state index contributed by atoms with van der Waals surface area (Å²) >= 11 is 0. The number of carboxylic acid groups (broad SMARTS) is 1. The molecule has 0 radical (unpaired) electrons. The van der Waals surface area contributed by atoms with Crippen LogP contribution in [0, 0.1) is 11.8 Å². The van der Waals surface area contributed by atoms with E-state index in [4.69, 9.17) is 5.11 Å². The fraction of sp³-hybridized carbons (Fsp3) is 0.929. The Morgan fingerprint density at radius 3 is 1.94 bits per heavy atom.